The van der Waals surface area contributed by atoms with Crippen LogP contribution in [0, 0.1) is 19.7 Å². The van der Waals surface area contributed by atoms with Crippen LogP contribution in [0.15, 0.2) is 71.6 Å². The van der Waals surface area contributed by atoms with Gasteiger partial charge in [0.1, 0.15) is 5.82 Å². The number of carbonyl (C=O) groups is 1. The molecular formula is C21H19FN2O3S. The fraction of sp³-hybridized carbons (Fsp3) is 0.0952. The topological polar surface area (TPSA) is 75.3 Å². The largest absolute Gasteiger partial charge is 0.322 e. The van der Waals surface area contributed by atoms with Gasteiger partial charge in [-0.1, -0.05) is 18.2 Å². The Labute approximate surface area is 163 Å². The maximum atomic E-state index is 13.3. The Morgan fingerprint density at radius 2 is 1.54 bits per heavy atom. The number of rotatable bonds is 5. The summed E-state index contributed by atoms with van der Waals surface area (Å²) in [5.74, 6) is -0.977. The predicted octanol–water partition coefficient (Wildman–Crippen LogP) is 4.50. The van der Waals surface area contributed by atoms with Crippen LogP contribution in [-0.2, 0) is 10.0 Å². The van der Waals surface area contributed by atoms with Gasteiger partial charge in [0, 0.05) is 11.3 Å². The SMILES string of the molecule is Cc1cc(C)cc(NC(=O)c2cccc(S(=O)(=O)Nc3cccc(F)c3)c2)c1. The summed E-state index contributed by atoms with van der Waals surface area (Å²) >= 11 is 0. The molecule has 2 N–H and O–H groups in total. The summed E-state index contributed by atoms with van der Waals surface area (Å²) in [6.07, 6.45) is 0. The fourth-order valence-electron chi connectivity index (χ4n) is 2.82. The first kappa shape index (κ1) is 19.6. The molecular weight excluding hydrogens is 379 g/mol. The van der Waals surface area contributed by atoms with Crippen LogP contribution in [0.2, 0.25) is 0 Å². The summed E-state index contributed by atoms with van der Waals surface area (Å²) < 4.78 is 40.7. The molecule has 0 saturated heterocycles. The first-order valence-electron chi connectivity index (χ1n) is 8.51. The molecule has 3 rings (SSSR count). The van der Waals surface area contributed by atoms with Gasteiger partial charge in [0.25, 0.3) is 15.9 Å². The van der Waals surface area contributed by atoms with E-state index in [9.17, 15) is 17.6 Å². The number of benzene rings is 3. The number of halogens is 1. The van der Waals surface area contributed by atoms with Crippen molar-refractivity contribution in [3.8, 4) is 0 Å². The fourth-order valence-corrected chi connectivity index (χ4v) is 3.92. The summed E-state index contributed by atoms with van der Waals surface area (Å²) in [4.78, 5) is 12.5. The Balaban J connectivity index is 1.83. The summed E-state index contributed by atoms with van der Waals surface area (Å²) in [6, 6.07) is 16.4. The molecule has 0 aliphatic heterocycles. The van der Waals surface area contributed by atoms with Crippen molar-refractivity contribution >= 4 is 27.3 Å². The maximum absolute atomic E-state index is 13.3. The lowest BCUT2D eigenvalue weighted by Crippen LogP contribution is -2.16. The van der Waals surface area contributed by atoms with E-state index in [4.69, 9.17) is 0 Å². The standard InChI is InChI=1S/C21H19FN2O3S/c1-14-9-15(2)11-19(10-14)23-21(25)16-5-3-8-20(12-16)28(26,27)24-18-7-4-6-17(22)13-18/h3-13,24H,1-2H3,(H,23,25). The molecule has 144 valence electrons. The van der Waals surface area contributed by atoms with E-state index in [2.05, 4.69) is 10.0 Å². The van der Waals surface area contributed by atoms with E-state index >= 15 is 0 Å². The number of carbonyl (C=O) groups excluding carboxylic acids is 1. The van der Waals surface area contributed by atoms with Crippen molar-refractivity contribution < 1.29 is 17.6 Å². The number of amides is 1. The number of sulfonamides is 1. The van der Waals surface area contributed by atoms with Crippen LogP contribution in [0.5, 0.6) is 0 Å². The second kappa shape index (κ2) is 7.82. The van der Waals surface area contributed by atoms with E-state index in [1.54, 1.807) is 0 Å². The zero-order valence-electron chi connectivity index (χ0n) is 15.4. The molecule has 0 aliphatic rings. The van der Waals surface area contributed by atoms with Crippen LogP contribution in [0.25, 0.3) is 0 Å². The minimum atomic E-state index is -3.97. The molecule has 0 heterocycles. The molecule has 0 fully saturated rings. The van der Waals surface area contributed by atoms with Crippen LogP contribution in [0.4, 0.5) is 15.8 Å². The van der Waals surface area contributed by atoms with Gasteiger partial charge in [-0.05, 0) is 73.5 Å². The highest BCUT2D eigenvalue weighted by Crippen LogP contribution is 2.19. The molecule has 0 saturated carbocycles. The molecule has 5 nitrogen and oxygen atoms in total. The molecule has 28 heavy (non-hydrogen) atoms. The molecule has 0 radical (unpaired) electrons. The highest BCUT2D eigenvalue weighted by molar-refractivity contribution is 7.92. The second-order valence-corrected chi connectivity index (χ2v) is 8.16. The Bertz CT molecular complexity index is 1120. The third-order valence-electron chi connectivity index (χ3n) is 3.96. The highest BCUT2D eigenvalue weighted by Gasteiger charge is 2.17. The summed E-state index contributed by atoms with van der Waals surface area (Å²) in [6.45, 7) is 3.85. The van der Waals surface area contributed by atoms with E-state index in [1.807, 2.05) is 32.0 Å². The second-order valence-electron chi connectivity index (χ2n) is 6.47. The van der Waals surface area contributed by atoms with Crippen molar-refractivity contribution in [3.05, 3.63) is 89.2 Å². The van der Waals surface area contributed by atoms with Crippen LogP contribution < -0.4 is 10.0 Å². The molecule has 0 bridgehead atoms. The number of hydrogen-bond acceptors (Lipinski definition) is 3. The van der Waals surface area contributed by atoms with Gasteiger partial charge >= 0.3 is 0 Å². The van der Waals surface area contributed by atoms with Crippen LogP contribution in [-0.4, -0.2) is 14.3 Å². The van der Waals surface area contributed by atoms with Crippen LogP contribution in [0.3, 0.4) is 0 Å². The molecule has 3 aromatic rings. The Morgan fingerprint density at radius 1 is 0.857 bits per heavy atom. The van der Waals surface area contributed by atoms with Gasteiger partial charge in [0.2, 0.25) is 0 Å². The Kier molecular flexibility index (Phi) is 5.46. The van der Waals surface area contributed by atoms with Crippen molar-refractivity contribution in [1.29, 1.82) is 0 Å². The van der Waals surface area contributed by atoms with Crippen molar-refractivity contribution in [2.24, 2.45) is 0 Å². The maximum Gasteiger partial charge on any atom is 0.261 e. The Morgan fingerprint density at radius 3 is 2.21 bits per heavy atom. The molecule has 0 aromatic heterocycles. The normalized spacial score (nSPS) is 11.1. The molecule has 0 atom stereocenters. The highest BCUT2D eigenvalue weighted by atomic mass is 32.2. The average Bonchev–Trinajstić information content (AvgIpc) is 2.60. The number of hydrogen-bond donors (Lipinski definition) is 2. The first-order valence-corrected chi connectivity index (χ1v) is 9.99. The molecule has 0 unspecified atom stereocenters. The monoisotopic (exact) mass is 398 g/mol. The minimum absolute atomic E-state index is 0.0927. The van der Waals surface area contributed by atoms with E-state index in [0.717, 1.165) is 17.2 Å². The molecule has 0 spiro atoms. The molecule has 1 amide bonds. The lowest BCUT2D eigenvalue weighted by molar-refractivity contribution is 0.102. The lowest BCUT2D eigenvalue weighted by Gasteiger charge is -2.11. The molecule has 0 aliphatic carbocycles. The van der Waals surface area contributed by atoms with Gasteiger partial charge in [-0.15, -0.1) is 0 Å². The van der Waals surface area contributed by atoms with Crippen molar-refractivity contribution in [2.45, 2.75) is 18.7 Å². The predicted molar refractivity (Wildman–Crippen MR) is 108 cm³/mol. The number of aryl methyl sites for hydroxylation is 2. The number of anilines is 2. The number of nitrogens with one attached hydrogen (secondary N) is 2. The van der Waals surface area contributed by atoms with Crippen molar-refractivity contribution in [3.63, 3.8) is 0 Å². The Hall–Kier alpha value is -3.19. The summed E-state index contributed by atoms with van der Waals surface area (Å²) in [5.41, 5.74) is 2.94. The van der Waals surface area contributed by atoms with E-state index < -0.39 is 21.7 Å². The minimum Gasteiger partial charge on any atom is -0.322 e. The zero-order valence-corrected chi connectivity index (χ0v) is 16.2. The molecule has 3 aromatic carbocycles. The van der Waals surface area contributed by atoms with Crippen LogP contribution in [0.1, 0.15) is 21.5 Å². The van der Waals surface area contributed by atoms with Gasteiger partial charge in [0.05, 0.1) is 10.6 Å². The first-order chi connectivity index (χ1) is 13.2. The quantitative estimate of drug-likeness (QED) is 0.665. The summed E-state index contributed by atoms with van der Waals surface area (Å²) in [5, 5.41) is 2.77. The summed E-state index contributed by atoms with van der Waals surface area (Å²) in [7, 11) is -3.97. The van der Waals surface area contributed by atoms with Gasteiger partial charge in [-0.25, -0.2) is 12.8 Å². The smallest absolute Gasteiger partial charge is 0.261 e. The van der Waals surface area contributed by atoms with Crippen molar-refractivity contribution in [1.82, 2.24) is 0 Å². The molecule has 7 heteroatoms. The van der Waals surface area contributed by atoms with Gasteiger partial charge in [-0.2, -0.15) is 0 Å². The van der Waals surface area contributed by atoms with E-state index in [-0.39, 0.29) is 16.1 Å². The lowest BCUT2D eigenvalue weighted by atomic mass is 10.1. The third-order valence-corrected chi connectivity index (χ3v) is 5.34. The van der Waals surface area contributed by atoms with E-state index in [1.165, 1.54) is 42.5 Å². The third kappa shape index (κ3) is 4.75. The average molecular weight is 398 g/mol. The van der Waals surface area contributed by atoms with Crippen LogP contribution >= 0.6 is 0 Å². The van der Waals surface area contributed by atoms with E-state index in [0.29, 0.717) is 5.69 Å². The zero-order chi connectivity index (χ0) is 20.3. The van der Waals surface area contributed by atoms with Gasteiger partial charge in [-0.3, -0.25) is 9.52 Å². The van der Waals surface area contributed by atoms with Gasteiger partial charge < -0.3 is 5.32 Å². The van der Waals surface area contributed by atoms with Gasteiger partial charge in [0.15, 0.2) is 0 Å². The van der Waals surface area contributed by atoms with Crippen molar-refractivity contribution in [2.75, 3.05) is 10.0 Å².